The molecular weight excluding hydrogens is 134 g/mol. The van der Waals surface area contributed by atoms with Gasteiger partial charge in [-0.15, -0.1) is 0 Å². The lowest BCUT2D eigenvalue weighted by Crippen LogP contribution is -2.22. The molecule has 1 saturated carbocycles. The molecule has 2 aliphatic rings. The van der Waals surface area contributed by atoms with Gasteiger partial charge in [-0.1, -0.05) is 6.92 Å². The van der Waals surface area contributed by atoms with Crippen molar-refractivity contribution in [2.45, 2.75) is 32.6 Å². The van der Waals surface area contributed by atoms with E-state index in [2.05, 4.69) is 18.9 Å². The van der Waals surface area contributed by atoms with Crippen LogP contribution >= 0.6 is 0 Å². The van der Waals surface area contributed by atoms with Gasteiger partial charge >= 0.3 is 0 Å². The van der Waals surface area contributed by atoms with E-state index in [1.165, 1.54) is 38.8 Å². The van der Waals surface area contributed by atoms with Gasteiger partial charge in [0, 0.05) is 6.54 Å². The quantitative estimate of drug-likeness (QED) is 0.515. The van der Waals surface area contributed by atoms with Crippen molar-refractivity contribution in [2.75, 3.05) is 20.1 Å². The molecule has 0 bridgehead atoms. The molecule has 1 unspecified atom stereocenters. The van der Waals surface area contributed by atoms with E-state index in [9.17, 15) is 0 Å². The van der Waals surface area contributed by atoms with Gasteiger partial charge in [0.15, 0.2) is 0 Å². The molecule has 1 heterocycles. The minimum Gasteiger partial charge on any atom is -0.306 e. The van der Waals surface area contributed by atoms with Crippen molar-refractivity contribution >= 4 is 0 Å². The fourth-order valence-electron chi connectivity index (χ4n) is 2.59. The van der Waals surface area contributed by atoms with E-state index in [0.29, 0.717) is 0 Å². The van der Waals surface area contributed by atoms with Gasteiger partial charge in [0.05, 0.1) is 0 Å². The van der Waals surface area contributed by atoms with Crippen LogP contribution in [0, 0.1) is 11.3 Å². The summed E-state index contributed by atoms with van der Waals surface area (Å²) in [6.45, 7) is 5.06. The lowest BCUT2D eigenvalue weighted by Gasteiger charge is -2.15. The predicted molar refractivity (Wildman–Crippen MR) is 47.6 cm³/mol. The van der Waals surface area contributed by atoms with Gasteiger partial charge in [0.2, 0.25) is 0 Å². The topological polar surface area (TPSA) is 3.24 Å². The third-order valence-corrected chi connectivity index (χ3v) is 3.39. The molecule has 0 radical (unpaired) electrons. The lowest BCUT2D eigenvalue weighted by atomic mass is 9.92. The maximum absolute atomic E-state index is 2.50. The first-order chi connectivity index (χ1) is 5.20. The summed E-state index contributed by atoms with van der Waals surface area (Å²) in [4.78, 5) is 2.50. The van der Waals surface area contributed by atoms with Gasteiger partial charge in [-0.2, -0.15) is 0 Å². The van der Waals surface area contributed by atoms with Crippen LogP contribution in [0.4, 0.5) is 0 Å². The largest absolute Gasteiger partial charge is 0.306 e. The summed E-state index contributed by atoms with van der Waals surface area (Å²) < 4.78 is 0. The molecule has 1 atom stereocenters. The Labute approximate surface area is 69.8 Å². The Bertz CT molecular complexity index is 149. The summed E-state index contributed by atoms with van der Waals surface area (Å²) >= 11 is 0. The zero-order valence-corrected chi connectivity index (χ0v) is 7.77. The monoisotopic (exact) mass is 153 g/mol. The van der Waals surface area contributed by atoms with Crippen LogP contribution in [0.15, 0.2) is 0 Å². The van der Waals surface area contributed by atoms with Crippen LogP contribution in [-0.2, 0) is 0 Å². The summed E-state index contributed by atoms with van der Waals surface area (Å²) in [6.07, 6.45) is 6.00. The molecule has 64 valence electrons. The Balaban J connectivity index is 1.98. The molecule has 0 aromatic heterocycles. The van der Waals surface area contributed by atoms with E-state index in [1.54, 1.807) is 0 Å². The Morgan fingerprint density at radius 1 is 1.27 bits per heavy atom. The number of hydrogen-bond donors (Lipinski definition) is 0. The van der Waals surface area contributed by atoms with E-state index >= 15 is 0 Å². The SMILES string of the molecule is CC1CN(C)CCC2(CC2)C1. The predicted octanol–water partition coefficient (Wildman–Crippen LogP) is 2.13. The van der Waals surface area contributed by atoms with Gasteiger partial charge in [0.1, 0.15) is 0 Å². The summed E-state index contributed by atoms with van der Waals surface area (Å²) in [7, 11) is 2.26. The normalized spacial score (nSPS) is 37.1. The molecule has 2 fully saturated rings. The van der Waals surface area contributed by atoms with E-state index in [0.717, 1.165) is 11.3 Å². The van der Waals surface area contributed by atoms with Crippen molar-refractivity contribution in [3.63, 3.8) is 0 Å². The standard InChI is InChI=1S/C10H19N/c1-9-7-10(3-4-10)5-6-11(2)8-9/h9H,3-8H2,1-2H3. The molecule has 0 amide bonds. The van der Waals surface area contributed by atoms with Gasteiger partial charge in [-0.25, -0.2) is 0 Å². The van der Waals surface area contributed by atoms with Crippen LogP contribution in [0.5, 0.6) is 0 Å². The average molecular weight is 153 g/mol. The van der Waals surface area contributed by atoms with Gasteiger partial charge in [-0.3, -0.25) is 0 Å². The van der Waals surface area contributed by atoms with Crippen LogP contribution < -0.4 is 0 Å². The van der Waals surface area contributed by atoms with Gasteiger partial charge in [0.25, 0.3) is 0 Å². The highest BCUT2D eigenvalue weighted by Crippen LogP contribution is 2.54. The van der Waals surface area contributed by atoms with Gasteiger partial charge < -0.3 is 4.90 Å². The maximum Gasteiger partial charge on any atom is 0.000418 e. The molecule has 0 N–H and O–H groups in total. The van der Waals surface area contributed by atoms with Crippen LogP contribution in [-0.4, -0.2) is 25.0 Å². The fraction of sp³-hybridized carbons (Fsp3) is 1.00. The van der Waals surface area contributed by atoms with Crippen molar-refractivity contribution in [1.29, 1.82) is 0 Å². The second-order valence-electron chi connectivity index (χ2n) is 4.82. The van der Waals surface area contributed by atoms with Crippen molar-refractivity contribution in [3.8, 4) is 0 Å². The van der Waals surface area contributed by atoms with E-state index in [1.807, 2.05) is 0 Å². The number of likely N-dealkylation sites (tertiary alicyclic amines) is 1. The Morgan fingerprint density at radius 3 is 2.64 bits per heavy atom. The zero-order chi connectivity index (χ0) is 7.90. The second-order valence-corrected chi connectivity index (χ2v) is 4.82. The molecule has 0 aromatic carbocycles. The Kier molecular flexibility index (Phi) is 1.71. The van der Waals surface area contributed by atoms with Crippen LogP contribution in [0.3, 0.4) is 0 Å². The van der Waals surface area contributed by atoms with Crippen molar-refractivity contribution in [2.24, 2.45) is 11.3 Å². The molecule has 1 saturated heterocycles. The summed E-state index contributed by atoms with van der Waals surface area (Å²) in [5, 5.41) is 0. The molecule has 11 heavy (non-hydrogen) atoms. The minimum atomic E-state index is 0.824. The van der Waals surface area contributed by atoms with Crippen molar-refractivity contribution in [3.05, 3.63) is 0 Å². The highest BCUT2D eigenvalue weighted by molar-refractivity contribution is 4.96. The molecule has 1 nitrogen and oxygen atoms in total. The van der Waals surface area contributed by atoms with Crippen molar-refractivity contribution in [1.82, 2.24) is 4.90 Å². The molecule has 1 spiro atoms. The highest BCUT2D eigenvalue weighted by atomic mass is 15.1. The highest BCUT2D eigenvalue weighted by Gasteiger charge is 2.44. The van der Waals surface area contributed by atoms with Crippen LogP contribution in [0.1, 0.15) is 32.6 Å². The average Bonchev–Trinajstić information content (AvgIpc) is 2.66. The first kappa shape index (κ1) is 7.60. The van der Waals surface area contributed by atoms with E-state index < -0.39 is 0 Å². The molecule has 1 aliphatic heterocycles. The Hall–Kier alpha value is -0.0400. The van der Waals surface area contributed by atoms with E-state index in [-0.39, 0.29) is 0 Å². The molecule has 0 aromatic rings. The third kappa shape index (κ3) is 1.58. The maximum atomic E-state index is 2.50. The third-order valence-electron chi connectivity index (χ3n) is 3.39. The fourth-order valence-corrected chi connectivity index (χ4v) is 2.59. The minimum absolute atomic E-state index is 0.824. The molecule has 1 aliphatic carbocycles. The first-order valence-electron chi connectivity index (χ1n) is 4.89. The summed E-state index contributed by atoms with van der Waals surface area (Å²) in [5.41, 5.74) is 0.824. The van der Waals surface area contributed by atoms with E-state index in [4.69, 9.17) is 0 Å². The van der Waals surface area contributed by atoms with Crippen LogP contribution in [0.2, 0.25) is 0 Å². The molecular formula is C10H19N. The first-order valence-corrected chi connectivity index (χ1v) is 4.89. The van der Waals surface area contributed by atoms with Crippen LogP contribution in [0.25, 0.3) is 0 Å². The van der Waals surface area contributed by atoms with Crippen molar-refractivity contribution < 1.29 is 0 Å². The zero-order valence-electron chi connectivity index (χ0n) is 7.77. The lowest BCUT2D eigenvalue weighted by molar-refractivity contribution is 0.310. The number of rotatable bonds is 0. The van der Waals surface area contributed by atoms with Gasteiger partial charge in [-0.05, 0) is 50.6 Å². The number of nitrogens with zero attached hydrogens (tertiary/aromatic N) is 1. The Morgan fingerprint density at radius 2 is 2.00 bits per heavy atom. The number of hydrogen-bond acceptors (Lipinski definition) is 1. The molecule has 1 heteroatoms. The summed E-state index contributed by atoms with van der Waals surface area (Å²) in [5.74, 6) is 0.935. The smallest absolute Gasteiger partial charge is 0.000418 e. The molecule has 2 rings (SSSR count). The summed E-state index contributed by atoms with van der Waals surface area (Å²) in [6, 6.07) is 0. The second kappa shape index (κ2) is 2.48.